The molecule has 0 amide bonds. The highest BCUT2D eigenvalue weighted by molar-refractivity contribution is 5.86. The van der Waals surface area contributed by atoms with Crippen LogP contribution < -0.4 is 10.5 Å². The summed E-state index contributed by atoms with van der Waals surface area (Å²) >= 11 is 0. The zero-order valence-corrected chi connectivity index (χ0v) is 9.81. The van der Waals surface area contributed by atoms with Crippen LogP contribution in [0.2, 0.25) is 0 Å². The molecule has 1 unspecified atom stereocenters. The summed E-state index contributed by atoms with van der Waals surface area (Å²) in [6.45, 7) is 5.02. The number of nitrogens with two attached hydrogens (primary N) is 1. The van der Waals surface area contributed by atoms with Crippen molar-refractivity contribution in [2.24, 2.45) is 16.6 Å². The van der Waals surface area contributed by atoms with E-state index in [9.17, 15) is 0 Å². The van der Waals surface area contributed by atoms with E-state index in [0.29, 0.717) is 11.8 Å². The fraction of sp³-hybridized carbons (Fsp3) is 0.462. The molecule has 1 heterocycles. The maximum Gasteiger partial charge on any atom is 0.159 e. The highest BCUT2D eigenvalue weighted by atomic mass is 16.5. The summed E-state index contributed by atoms with van der Waals surface area (Å²) in [6, 6.07) is 8.05. The van der Waals surface area contributed by atoms with Gasteiger partial charge in [-0.05, 0) is 17.5 Å². The first-order valence-corrected chi connectivity index (χ1v) is 5.71. The van der Waals surface area contributed by atoms with Gasteiger partial charge in [-0.25, -0.2) is 0 Å². The molecule has 0 saturated carbocycles. The number of ether oxygens (including phenoxy) is 1. The van der Waals surface area contributed by atoms with Crippen LogP contribution in [0, 0.1) is 5.92 Å². The van der Waals surface area contributed by atoms with Crippen molar-refractivity contribution >= 4 is 5.84 Å². The molecule has 16 heavy (non-hydrogen) atoms. The highest BCUT2D eigenvalue weighted by Crippen LogP contribution is 2.28. The lowest BCUT2D eigenvalue weighted by atomic mass is 10.1. The quantitative estimate of drug-likeness (QED) is 0.623. The summed E-state index contributed by atoms with van der Waals surface area (Å²) < 4.78 is 5.75. The number of hydrogen-bond acceptors (Lipinski definition) is 2. The van der Waals surface area contributed by atoms with E-state index in [1.807, 2.05) is 18.2 Å². The third kappa shape index (κ3) is 2.35. The lowest BCUT2D eigenvalue weighted by Crippen LogP contribution is -2.33. The maximum atomic E-state index is 5.93. The maximum absolute atomic E-state index is 5.93. The normalized spacial score (nSPS) is 19.7. The number of fused-ring (bicyclic) bond motifs is 1. The van der Waals surface area contributed by atoms with E-state index >= 15 is 0 Å². The van der Waals surface area contributed by atoms with Gasteiger partial charge in [0.25, 0.3) is 0 Å². The van der Waals surface area contributed by atoms with Gasteiger partial charge >= 0.3 is 0 Å². The Balaban J connectivity index is 2.03. The standard InChI is InChI=1S/C13H18N2O/c1-9(2)8-15-13(14)12-7-10-5-3-4-6-11(10)16-12/h3-6,9,12H,7-8H2,1-2H3,(H2,14,15). The van der Waals surface area contributed by atoms with Gasteiger partial charge in [0, 0.05) is 13.0 Å². The van der Waals surface area contributed by atoms with Crippen molar-refractivity contribution in [3.8, 4) is 5.75 Å². The number of amidine groups is 1. The third-order valence-corrected chi connectivity index (χ3v) is 2.62. The monoisotopic (exact) mass is 218 g/mol. The average molecular weight is 218 g/mol. The molecule has 0 bridgehead atoms. The molecule has 1 aliphatic rings. The number of nitrogens with zero attached hydrogens (tertiary/aromatic N) is 1. The first-order chi connectivity index (χ1) is 7.66. The molecule has 1 aromatic carbocycles. The molecule has 0 aromatic heterocycles. The van der Waals surface area contributed by atoms with Crippen LogP contribution in [0.3, 0.4) is 0 Å². The first-order valence-electron chi connectivity index (χ1n) is 5.71. The molecule has 0 saturated heterocycles. The zero-order chi connectivity index (χ0) is 11.5. The molecular weight excluding hydrogens is 200 g/mol. The number of rotatable bonds is 3. The van der Waals surface area contributed by atoms with Gasteiger partial charge in [0.15, 0.2) is 6.10 Å². The SMILES string of the molecule is CC(C)CN=C(N)C1Cc2ccccc2O1. The van der Waals surface area contributed by atoms with Crippen molar-refractivity contribution < 1.29 is 4.74 Å². The second-order valence-corrected chi connectivity index (χ2v) is 4.58. The number of para-hydroxylation sites is 1. The van der Waals surface area contributed by atoms with Gasteiger partial charge < -0.3 is 10.5 Å². The van der Waals surface area contributed by atoms with E-state index in [1.54, 1.807) is 0 Å². The van der Waals surface area contributed by atoms with Crippen LogP contribution in [0.4, 0.5) is 0 Å². The third-order valence-electron chi connectivity index (χ3n) is 2.62. The molecule has 1 aliphatic heterocycles. The van der Waals surface area contributed by atoms with Gasteiger partial charge in [-0.15, -0.1) is 0 Å². The summed E-state index contributed by atoms with van der Waals surface area (Å²) in [5.74, 6) is 2.09. The minimum absolute atomic E-state index is 0.0730. The van der Waals surface area contributed by atoms with Gasteiger partial charge in [-0.3, -0.25) is 4.99 Å². The smallest absolute Gasteiger partial charge is 0.159 e. The van der Waals surface area contributed by atoms with Crippen LogP contribution in [-0.4, -0.2) is 18.5 Å². The fourth-order valence-electron chi connectivity index (χ4n) is 1.74. The largest absolute Gasteiger partial charge is 0.482 e. The van der Waals surface area contributed by atoms with Crippen LogP contribution in [0.5, 0.6) is 5.75 Å². The second kappa shape index (κ2) is 4.56. The number of aliphatic imine (C=N–C) groups is 1. The van der Waals surface area contributed by atoms with Gasteiger partial charge in [-0.2, -0.15) is 0 Å². The van der Waals surface area contributed by atoms with Gasteiger partial charge in [0.1, 0.15) is 11.6 Å². The Morgan fingerprint density at radius 2 is 2.25 bits per heavy atom. The molecule has 0 fully saturated rings. The molecule has 2 N–H and O–H groups in total. The Hall–Kier alpha value is -1.51. The summed E-state index contributed by atoms with van der Waals surface area (Å²) in [4.78, 5) is 4.36. The van der Waals surface area contributed by atoms with E-state index in [1.165, 1.54) is 5.56 Å². The summed E-state index contributed by atoms with van der Waals surface area (Å²) in [5.41, 5.74) is 7.15. The minimum atomic E-state index is -0.0730. The van der Waals surface area contributed by atoms with Crippen molar-refractivity contribution in [2.45, 2.75) is 26.4 Å². The molecule has 2 rings (SSSR count). The van der Waals surface area contributed by atoms with Crippen LogP contribution in [0.15, 0.2) is 29.3 Å². The molecule has 1 atom stereocenters. The van der Waals surface area contributed by atoms with Crippen molar-refractivity contribution in [1.29, 1.82) is 0 Å². The summed E-state index contributed by atoms with van der Waals surface area (Å²) in [6.07, 6.45) is 0.764. The Morgan fingerprint density at radius 1 is 1.50 bits per heavy atom. The molecular formula is C13H18N2O. The van der Waals surface area contributed by atoms with E-state index in [-0.39, 0.29) is 6.10 Å². The summed E-state index contributed by atoms with van der Waals surface area (Å²) in [7, 11) is 0. The van der Waals surface area contributed by atoms with Gasteiger partial charge in [-0.1, -0.05) is 32.0 Å². The second-order valence-electron chi connectivity index (χ2n) is 4.58. The number of benzene rings is 1. The fourth-order valence-corrected chi connectivity index (χ4v) is 1.74. The predicted octanol–water partition coefficient (Wildman–Crippen LogP) is 2.00. The van der Waals surface area contributed by atoms with Crippen LogP contribution >= 0.6 is 0 Å². The molecule has 0 spiro atoms. The number of hydrogen-bond donors (Lipinski definition) is 1. The Morgan fingerprint density at radius 3 is 2.94 bits per heavy atom. The van der Waals surface area contributed by atoms with Crippen molar-refractivity contribution in [2.75, 3.05) is 6.54 Å². The Bertz CT molecular complexity index is 374. The molecule has 0 radical (unpaired) electrons. The van der Waals surface area contributed by atoms with Crippen molar-refractivity contribution in [1.82, 2.24) is 0 Å². The topological polar surface area (TPSA) is 47.6 Å². The molecule has 1 aromatic rings. The van der Waals surface area contributed by atoms with Gasteiger partial charge in [0.2, 0.25) is 0 Å². The van der Waals surface area contributed by atoms with Crippen LogP contribution in [0.25, 0.3) is 0 Å². The van der Waals surface area contributed by atoms with Crippen molar-refractivity contribution in [3.63, 3.8) is 0 Å². The lowest BCUT2D eigenvalue weighted by Gasteiger charge is -2.10. The molecule has 0 aliphatic carbocycles. The average Bonchev–Trinajstić information content (AvgIpc) is 2.69. The van der Waals surface area contributed by atoms with Gasteiger partial charge in [0.05, 0.1) is 0 Å². The van der Waals surface area contributed by atoms with Crippen molar-refractivity contribution in [3.05, 3.63) is 29.8 Å². The van der Waals surface area contributed by atoms with Crippen LogP contribution in [-0.2, 0) is 6.42 Å². The van der Waals surface area contributed by atoms with E-state index < -0.39 is 0 Å². The minimum Gasteiger partial charge on any atom is -0.482 e. The van der Waals surface area contributed by atoms with E-state index in [0.717, 1.165) is 18.7 Å². The zero-order valence-electron chi connectivity index (χ0n) is 9.81. The Labute approximate surface area is 96.3 Å². The predicted molar refractivity (Wildman–Crippen MR) is 65.9 cm³/mol. The lowest BCUT2D eigenvalue weighted by molar-refractivity contribution is 0.299. The Kier molecular flexibility index (Phi) is 3.13. The van der Waals surface area contributed by atoms with E-state index in [4.69, 9.17) is 10.5 Å². The highest BCUT2D eigenvalue weighted by Gasteiger charge is 2.25. The summed E-state index contributed by atoms with van der Waals surface area (Å²) in [5, 5.41) is 0. The first kappa shape index (κ1) is 11.0. The van der Waals surface area contributed by atoms with Crippen LogP contribution in [0.1, 0.15) is 19.4 Å². The molecule has 86 valence electrons. The van der Waals surface area contributed by atoms with E-state index in [2.05, 4.69) is 24.9 Å². The molecule has 3 nitrogen and oxygen atoms in total. The molecule has 3 heteroatoms.